The van der Waals surface area contributed by atoms with Gasteiger partial charge in [-0.15, -0.1) is 0 Å². The molecule has 104 valence electrons. The highest BCUT2D eigenvalue weighted by atomic mass is 16.5. The van der Waals surface area contributed by atoms with Crippen molar-refractivity contribution in [1.29, 1.82) is 5.26 Å². The van der Waals surface area contributed by atoms with E-state index in [0.29, 0.717) is 11.3 Å². The molecule has 21 heavy (non-hydrogen) atoms. The summed E-state index contributed by atoms with van der Waals surface area (Å²) in [4.78, 5) is 12.7. The van der Waals surface area contributed by atoms with Crippen LogP contribution in [0.1, 0.15) is 28.5 Å². The fraction of sp³-hybridized carbons (Fsp3) is 0.222. The molecule has 0 fully saturated rings. The second-order valence-corrected chi connectivity index (χ2v) is 5.16. The number of benzene rings is 2. The van der Waals surface area contributed by atoms with Gasteiger partial charge in [-0.25, -0.2) is 0 Å². The summed E-state index contributed by atoms with van der Waals surface area (Å²) < 4.78 is 5.28. The Morgan fingerprint density at radius 2 is 1.95 bits per heavy atom. The van der Waals surface area contributed by atoms with Crippen LogP contribution in [0.25, 0.3) is 0 Å². The molecule has 3 rings (SSSR count). The summed E-state index contributed by atoms with van der Waals surface area (Å²) in [5.41, 5.74) is 2.90. The van der Waals surface area contributed by atoms with Crippen molar-refractivity contribution < 1.29 is 9.53 Å². The number of methoxy groups -OCH3 is 1. The van der Waals surface area contributed by atoms with Gasteiger partial charge < -0.3 is 4.74 Å². The van der Waals surface area contributed by atoms with Crippen LogP contribution in [0.15, 0.2) is 48.5 Å². The Morgan fingerprint density at radius 1 is 1.24 bits per heavy atom. The first kappa shape index (κ1) is 13.4. The number of ketones is 1. The van der Waals surface area contributed by atoms with Crippen molar-refractivity contribution in [3.8, 4) is 11.8 Å². The SMILES string of the molecule is COc1ccccc1C(C#N)C(=O)C1Cc2ccccc21. The van der Waals surface area contributed by atoms with Gasteiger partial charge in [0.1, 0.15) is 11.7 Å². The van der Waals surface area contributed by atoms with E-state index in [2.05, 4.69) is 6.07 Å². The van der Waals surface area contributed by atoms with E-state index in [0.717, 1.165) is 12.0 Å². The van der Waals surface area contributed by atoms with Gasteiger partial charge in [-0.2, -0.15) is 5.26 Å². The van der Waals surface area contributed by atoms with Gasteiger partial charge in [0.15, 0.2) is 5.78 Å². The molecule has 0 heterocycles. The van der Waals surface area contributed by atoms with E-state index in [9.17, 15) is 10.1 Å². The Kier molecular flexibility index (Phi) is 3.45. The van der Waals surface area contributed by atoms with Crippen molar-refractivity contribution in [3.63, 3.8) is 0 Å². The fourth-order valence-corrected chi connectivity index (χ4v) is 2.91. The number of carbonyl (C=O) groups is 1. The first-order valence-corrected chi connectivity index (χ1v) is 6.90. The molecule has 2 unspecified atom stereocenters. The summed E-state index contributed by atoms with van der Waals surface area (Å²) in [6.07, 6.45) is 0.725. The molecule has 3 heteroatoms. The number of Topliss-reactive ketones (excluding diaryl/α,β-unsaturated/α-hetero) is 1. The van der Waals surface area contributed by atoms with Gasteiger partial charge in [-0.3, -0.25) is 4.79 Å². The zero-order valence-corrected chi connectivity index (χ0v) is 11.7. The Bertz CT molecular complexity index is 730. The lowest BCUT2D eigenvalue weighted by atomic mass is 9.71. The van der Waals surface area contributed by atoms with Crippen molar-refractivity contribution >= 4 is 5.78 Å². The topological polar surface area (TPSA) is 50.1 Å². The van der Waals surface area contributed by atoms with E-state index in [1.807, 2.05) is 36.4 Å². The van der Waals surface area contributed by atoms with Crippen LogP contribution in [0.2, 0.25) is 0 Å². The molecule has 3 nitrogen and oxygen atoms in total. The van der Waals surface area contributed by atoms with Crippen LogP contribution in [-0.4, -0.2) is 12.9 Å². The number of ether oxygens (including phenoxy) is 1. The van der Waals surface area contributed by atoms with Crippen molar-refractivity contribution in [1.82, 2.24) is 0 Å². The number of nitriles is 1. The highest BCUT2D eigenvalue weighted by Gasteiger charge is 2.37. The van der Waals surface area contributed by atoms with E-state index < -0.39 is 5.92 Å². The van der Waals surface area contributed by atoms with Crippen LogP contribution in [0, 0.1) is 11.3 Å². The molecular formula is C18H15NO2. The van der Waals surface area contributed by atoms with E-state index in [4.69, 9.17) is 4.74 Å². The van der Waals surface area contributed by atoms with E-state index >= 15 is 0 Å². The first-order chi connectivity index (χ1) is 10.3. The summed E-state index contributed by atoms with van der Waals surface area (Å²) in [5, 5.41) is 9.46. The minimum absolute atomic E-state index is 0.0410. The predicted octanol–water partition coefficient (Wildman–Crippen LogP) is 3.21. The molecule has 2 aromatic rings. The average molecular weight is 277 g/mol. The van der Waals surface area contributed by atoms with Gasteiger partial charge in [0.2, 0.25) is 0 Å². The third kappa shape index (κ3) is 2.19. The molecule has 0 aliphatic heterocycles. The minimum atomic E-state index is -0.778. The highest BCUT2D eigenvalue weighted by molar-refractivity contribution is 5.96. The zero-order chi connectivity index (χ0) is 14.8. The molecule has 0 aromatic heterocycles. The standard InChI is InChI=1S/C18H15NO2/c1-21-17-9-5-4-8-14(17)16(11-19)18(20)15-10-12-6-2-3-7-13(12)15/h2-9,15-16H,10H2,1H3. The zero-order valence-electron chi connectivity index (χ0n) is 11.7. The highest BCUT2D eigenvalue weighted by Crippen LogP contribution is 2.40. The second kappa shape index (κ2) is 5.41. The molecule has 2 atom stereocenters. The van der Waals surface area contributed by atoms with Gasteiger partial charge in [-0.05, 0) is 23.6 Å². The number of rotatable bonds is 4. The van der Waals surface area contributed by atoms with E-state index in [-0.39, 0.29) is 11.7 Å². The van der Waals surface area contributed by atoms with Crippen molar-refractivity contribution in [2.75, 3.05) is 7.11 Å². The number of para-hydroxylation sites is 1. The van der Waals surface area contributed by atoms with E-state index in [1.54, 1.807) is 19.2 Å². The van der Waals surface area contributed by atoms with Gasteiger partial charge in [0.25, 0.3) is 0 Å². The second-order valence-electron chi connectivity index (χ2n) is 5.16. The van der Waals surface area contributed by atoms with Crippen molar-refractivity contribution in [3.05, 3.63) is 65.2 Å². The number of fused-ring (bicyclic) bond motifs is 1. The van der Waals surface area contributed by atoms with E-state index in [1.165, 1.54) is 5.56 Å². The number of nitrogens with zero attached hydrogens (tertiary/aromatic N) is 1. The van der Waals surface area contributed by atoms with Crippen LogP contribution in [-0.2, 0) is 11.2 Å². The monoisotopic (exact) mass is 277 g/mol. The first-order valence-electron chi connectivity index (χ1n) is 6.90. The molecule has 0 amide bonds. The molecule has 2 aromatic carbocycles. The quantitative estimate of drug-likeness (QED) is 0.862. The van der Waals surface area contributed by atoms with Crippen molar-refractivity contribution in [2.45, 2.75) is 18.3 Å². The maximum atomic E-state index is 12.7. The Morgan fingerprint density at radius 3 is 2.67 bits per heavy atom. The minimum Gasteiger partial charge on any atom is -0.496 e. The smallest absolute Gasteiger partial charge is 0.162 e. The molecule has 0 saturated carbocycles. The van der Waals surface area contributed by atoms with Crippen LogP contribution in [0.3, 0.4) is 0 Å². The number of hydrogen-bond donors (Lipinski definition) is 0. The molecule has 0 bridgehead atoms. The van der Waals surface area contributed by atoms with Gasteiger partial charge in [0, 0.05) is 11.5 Å². The summed E-state index contributed by atoms with van der Waals surface area (Å²) in [6.45, 7) is 0. The largest absolute Gasteiger partial charge is 0.496 e. The lowest BCUT2D eigenvalue weighted by Gasteiger charge is -2.30. The van der Waals surface area contributed by atoms with Crippen LogP contribution in [0.5, 0.6) is 5.75 Å². The fourth-order valence-electron chi connectivity index (χ4n) is 2.91. The van der Waals surface area contributed by atoms with Crippen LogP contribution in [0.4, 0.5) is 0 Å². The lowest BCUT2D eigenvalue weighted by Crippen LogP contribution is -2.29. The Balaban J connectivity index is 1.92. The molecule has 0 saturated heterocycles. The maximum absolute atomic E-state index is 12.7. The molecule has 0 N–H and O–H groups in total. The summed E-state index contributed by atoms with van der Waals surface area (Å²) in [6, 6.07) is 17.3. The van der Waals surface area contributed by atoms with Crippen molar-refractivity contribution in [2.24, 2.45) is 0 Å². The Hall–Kier alpha value is -2.60. The molecule has 1 aliphatic rings. The third-order valence-electron chi connectivity index (χ3n) is 4.06. The summed E-state index contributed by atoms with van der Waals surface area (Å²) in [7, 11) is 1.55. The third-order valence-corrected chi connectivity index (χ3v) is 4.06. The normalized spacial score (nSPS) is 17.0. The van der Waals surface area contributed by atoms with Crippen LogP contribution < -0.4 is 4.74 Å². The van der Waals surface area contributed by atoms with Gasteiger partial charge in [-0.1, -0.05) is 42.5 Å². The summed E-state index contributed by atoms with van der Waals surface area (Å²) in [5.74, 6) is -0.402. The Labute approximate surface area is 123 Å². The molecule has 0 spiro atoms. The average Bonchev–Trinajstić information content (AvgIpc) is 2.50. The van der Waals surface area contributed by atoms with Gasteiger partial charge >= 0.3 is 0 Å². The van der Waals surface area contributed by atoms with Gasteiger partial charge in [0.05, 0.1) is 13.2 Å². The predicted molar refractivity (Wildman–Crippen MR) is 79.2 cm³/mol. The lowest BCUT2D eigenvalue weighted by molar-refractivity contribution is -0.121. The summed E-state index contributed by atoms with van der Waals surface area (Å²) >= 11 is 0. The molecule has 0 radical (unpaired) electrons. The maximum Gasteiger partial charge on any atom is 0.162 e. The number of carbonyl (C=O) groups excluding carboxylic acids is 1. The van der Waals surface area contributed by atoms with Crippen LogP contribution >= 0.6 is 0 Å². The molecular weight excluding hydrogens is 262 g/mol. The molecule has 1 aliphatic carbocycles. The number of hydrogen-bond acceptors (Lipinski definition) is 3.